The summed E-state index contributed by atoms with van der Waals surface area (Å²) in [4.78, 5) is 26.4. The molecule has 5 heteroatoms. The van der Waals surface area contributed by atoms with Gasteiger partial charge in [-0.05, 0) is 43.4 Å². The molecule has 1 unspecified atom stereocenters. The van der Waals surface area contributed by atoms with Crippen LogP contribution in [0, 0.1) is 0 Å². The molecule has 0 saturated carbocycles. The molecule has 2 amide bonds. The van der Waals surface area contributed by atoms with E-state index in [1.165, 1.54) is 6.92 Å². The number of benzene rings is 1. The Kier molecular flexibility index (Phi) is 4.47. The van der Waals surface area contributed by atoms with Gasteiger partial charge in [0.05, 0.1) is 0 Å². The molecule has 1 aromatic rings. The van der Waals surface area contributed by atoms with E-state index in [2.05, 4.69) is 5.32 Å². The summed E-state index contributed by atoms with van der Waals surface area (Å²) in [5.74, 6) is -0.125. The molecule has 0 aliphatic carbocycles. The molecule has 1 aromatic carbocycles. The average Bonchev–Trinajstić information content (AvgIpc) is 2.89. The smallest absolute Gasteiger partial charge is 0.247 e. The second kappa shape index (κ2) is 6.10. The largest absolute Gasteiger partial charge is 0.331 e. The Morgan fingerprint density at radius 3 is 2.58 bits per heavy atom. The van der Waals surface area contributed by atoms with Crippen LogP contribution >= 0.6 is 11.8 Å². The van der Waals surface area contributed by atoms with Crippen LogP contribution in [0.2, 0.25) is 0 Å². The minimum atomic E-state index is -0.322. The van der Waals surface area contributed by atoms with Crippen LogP contribution in [0.15, 0.2) is 29.2 Å². The van der Waals surface area contributed by atoms with Crippen molar-refractivity contribution in [3.63, 3.8) is 0 Å². The van der Waals surface area contributed by atoms with Crippen LogP contribution in [-0.4, -0.2) is 35.6 Å². The number of rotatable bonds is 3. The molecule has 1 fully saturated rings. The number of likely N-dealkylation sites (tertiary alicyclic amines) is 1. The van der Waals surface area contributed by atoms with Crippen molar-refractivity contribution in [2.45, 2.75) is 30.7 Å². The molecule has 102 valence electrons. The molecule has 0 bridgehead atoms. The summed E-state index contributed by atoms with van der Waals surface area (Å²) in [7, 11) is 0. The van der Waals surface area contributed by atoms with Crippen molar-refractivity contribution in [1.82, 2.24) is 4.90 Å². The van der Waals surface area contributed by atoms with Crippen molar-refractivity contribution in [2.24, 2.45) is 0 Å². The summed E-state index contributed by atoms with van der Waals surface area (Å²) in [6, 6.07) is 7.39. The highest BCUT2D eigenvalue weighted by Crippen LogP contribution is 2.21. The van der Waals surface area contributed by atoms with Gasteiger partial charge in [-0.25, -0.2) is 0 Å². The van der Waals surface area contributed by atoms with E-state index in [1.54, 1.807) is 16.7 Å². The molecule has 0 spiro atoms. The Hall–Kier alpha value is -1.49. The second-order valence-electron chi connectivity index (χ2n) is 4.59. The third kappa shape index (κ3) is 3.29. The van der Waals surface area contributed by atoms with Crippen LogP contribution in [0.5, 0.6) is 0 Å². The maximum atomic E-state index is 12.2. The molecule has 0 radical (unpaired) electrons. The zero-order valence-corrected chi connectivity index (χ0v) is 12.0. The van der Waals surface area contributed by atoms with Gasteiger partial charge in [0, 0.05) is 24.1 Å². The summed E-state index contributed by atoms with van der Waals surface area (Å²) in [6.45, 7) is 2.19. The van der Waals surface area contributed by atoms with Crippen molar-refractivity contribution >= 4 is 29.3 Å². The lowest BCUT2D eigenvalue weighted by Crippen LogP contribution is -2.42. The fourth-order valence-corrected chi connectivity index (χ4v) is 2.72. The quantitative estimate of drug-likeness (QED) is 0.864. The SMILES string of the molecule is CSc1ccc(NC(=O)C2CCCN2C(C)=O)cc1. The number of carbonyl (C=O) groups is 2. The lowest BCUT2D eigenvalue weighted by atomic mass is 10.2. The van der Waals surface area contributed by atoms with Crippen molar-refractivity contribution in [3.05, 3.63) is 24.3 Å². The fraction of sp³-hybridized carbons (Fsp3) is 0.429. The van der Waals surface area contributed by atoms with Gasteiger partial charge in [-0.2, -0.15) is 0 Å². The Labute approximate surface area is 117 Å². The van der Waals surface area contributed by atoms with Gasteiger partial charge < -0.3 is 10.2 Å². The lowest BCUT2D eigenvalue weighted by Gasteiger charge is -2.22. The fourth-order valence-electron chi connectivity index (χ4n) is 2.32. The van der Waals surface area contributed by atoms with E-state index in [0.717, 1.165) is 23.4 Å². The monoisotopic (exact) mass is 278 g/mol. The number of hydrogen-bond acceptors (Lipinski definition) is 3. The zero-order valence-electron chi connectivity index (χ0n) is 11.2. The molecular formula is C14H18N2O2S. The summed E-state index contributed by atoms with van der Waals surface area (Å²) < 4.78 is 0. The first kappa shape index (κ1) is 13.9. The maximum absolute atomic E-state index is 12.2. The lowest BCUT2D eigenvalue weighted by molar-refractivity contribution is -0.134. The van der Waals surface area contributed by atoms with E-state index >= 15 is 0 Å². The van der Waals surface area contributed by atoms with Gasteiger partial charge in [0.15, 0.2) is 0 Å². The van der Waals surface area contributed by atoms with Gasteiger partial charge >= 0.3 is 0 Å². The van der Waals surface area contributed by atoms with Crippen LogP contribution < -0.4 is 5.32 Å². The van der Waals surface area contributed by atoms with E-state index in [1.807, 2.05) is 30.5 Å². The van der Waals surface area contributed by atoms with Gasteiger partial charge in [0.2, 0.25) is 11.8 Å². The number of nitrogens with zero attached hydrogens (tertiary/aromatic N) is 1. The van der Waals surface area contributed by atoms with Crippen molar-refractivity contribution in [2.75, 3.05) is 18.1 Å². The molecule has 1 saturated heterocycles. The van der Waals surface area contributed by atoms with Crippen LogP contribution in [0.25, 0.3) is 0 Å². The minimum absolute atomic E-state index is 0.0321. The standard InChI is InChI=1S/C14H18N2O2S/c1-10(17)16-9-3-4-13(16)14(18)15-11-5-7-12(19-2)8-6-11/h5-8,13H,3-4,9H2,1-2H3,(H,15,18). The number of thioether (sulfide) groups is 1. The zero-order chi connectivity index (χ0) is 13.8. The topological polar surface area (TPSA) is 49.4 Å². The number of hydrogen-bond donors (Lipinski definition) is 1. The van der Waals surface area contributed by atoms with Crippen molar-refractivity contribution < 1.29 is 9.59 Å². The van der Waals surface area contributed by atoms with E-state index in [0.29, 0.717) is 6.54 Å². The summed E-state index contributed by atoms with van der Waals surface area (Å²) in [6.07, 6.45) is 3.65. The Morgan fingerprint density at radius 1 is 1.32 bits per heavy atom. The van der Waals surface area contributed by atoms with Crippen LogP contribution in [-0.2, 0) is 9.59 Å². The molecule has 1 N–H and O–H groups in total. The van der Waals surface area contributed by atoms with Crippen molar-refractivity contribution in [3.8, 4) is 0 Å². The Morgan fingerprint density at radius 2 is 2.00 bits per heavy atom. The highest BCUT2D eigenvalue weighted by Gasteiger charge is 2.32. The van der Waals surface area contributed by atoms with E-state index in [-0.39, 0.29) is 17.9 Å². The van der Waals surface area contributed by atoms with E-state index in [4.69, 9.17) is 0 Å². The third-order valence-electron chi connectivity index (χ3n) is 3.32. The summed E-state index contributed by atoms with van der Waals surface area (Å²) in [5.41, 5.74) is 0.776. The summed E-state index contributed by atoms with van der Waals surface area (Å²) in [5, 5.41) is 2.88. The van der Waals surface area contributed by atoms with Gasteiger partial charge in [-0.15, -0.1) is 11.8 Å². The molecule has 2 rings (SSSR count). The molecule has 1 aliphatic heterocycles. The number of carbonyl (C=O) groups excluding carboxylic acids is 2. The highest BCUT2D eigenvalue weighted by atomic mass is 32.2. The molecular weight excluding hydrogens is 260 g/mol. The molecule has 0 aromatic heterocycles. The predicted molar refractivity (Wildman–Crippen MR) is 77.3 cm³/mol. The molecule has 1 aliphatic rings. The number of anilines is 1. The van der Waals surface area contributed by atoms with E-state index in [9.17, 15) is 9.59 Å². The van der Waals surface area contributed by atoms with Crippen molar-refractivity contribution in [1.29, 1.82) is 0 Å². The second-order valence-corrected chi connectivity index (χ2v) is 5.47. The van der Waals surface area contributed by atoms with E-state index < -0.39 is 0 Å². The Bertz CT molecular complexity index is 473. The molecule has 19 heavy (non-hydrogen) atoms. The first-order chi connectivity index (χ1) is 9.11. The van der Waals surface area contributed by atoms with Crippen LogP contribution in [0.3, 0.4) is 0 Å². The Balaban J connectivity index is 2.01. The molecule has 1 heterocycles. The first-order valence-corrected chi connectivity index (χ1v) is 7.56. The molecule has 1 atom stereocenters. The highest BCUT2D eigenvalue weighted by molar-refractivity contribution is 7.98. The van der Waals surface area contributed by atoms with Gasteiger partial charge in [0.25, 0.3) is 0 Å². The average molecular weight is 278 g/mol. The first-order valence-electron chi connectivity index (χ1n) is 6.34. The maximum Gasteiger partial charge on any atom is 0.247 e. The minimum Gasteiger partial charge on any atom is -0.331 e. The normalized spacial score (nSPS) is 18.4. The summed E-state index contributed by atoms with van der Waals surface area (Å²) >= 11 is 1.66. The molecule has 4 nitrogen and oxygen atoms in total. The van der Waals surface area contributed by atoms with Gasteiger partial charge in [-0.3, -0.25) is 9.59 Å². The predicted octanol–water partition coefficient (Wildman–Crippen LogP) is 2.36. The number of amides is 2. The van der Waals surface area contributed by atoms with Crippen LogP contribution in [0.4, 0.5) is 5.69 Å². The van der Waals surface area contributed by atoms with Gasteiger partial charge in [0.1, 0.15) is 6.04 Å². The third-order valence-corrected chi connectivity index (χ3v) is 4.06. The van der Waals surface area contributed by atoms with Gasteiger partial charge in [-0.1, -0.05) is 0 Å². The number of nitrogens with one attached hydrogen (secondary N) is 1. The van der Waals surface area contributed by atoms with Crippen LogP contribution in [0.1, 0.15) is 19.8 Å².